The van der Waals surface area contributed by atoms with Gasteiger partial charge in [0.15, 0.2) is 0 Å². The molecule has 0 saturated carbocycles. The number of hydrogen-bond donors (Lipinski definition) is 0. The van der Waals surface area contributed by atoms with Crippen LogP contribution in [0.1, 0.15) is 33.4 Å². The third kappa shape index (κ3) is 4.21. The zero-order chi connectivity index (χ0) is 19.6. The predicted molar refractivity (Wildman–Crippen MR) is 112 cm³/mol. The Morgan fingerprint density at radius 3 is 2.30 bits per heavy atom. The second kappa shape index (κ2) is 7.95. The maximum Gasteiger partial charge on any atom is 0.246 e. The van der Waals surface area contributed by atoms with Gasteiger partial charge in [0.25, 0.3) is 0 Å². The lowest BCUT2D eigenvalue weighted by molar-refractivity contribution is -0.126. The summed E-state index contributed by atoms with van der Waals surface area (Å²) in [4.78, 5) is 21.3. The fraction of sp³-hybridized carbons (Fsp3) is 0.391. The van der Waals surface area contributed by atoms with Crippen molar-refractivity contribution < 1.29 is 4.79 Å². The monoisotopic (exact) mass is 363 g/mol. The summed E-state index contributed by atoms with van der Waals surface area (Å²) in [5.74, 6) is 1.08. The Morgan fingerprint density at radius 2 is 1.67 bits per heavy atom. The minimum absolute atomic E-state index is 0.0850. The van der Waals surface area contributed by atoms with Gasteiger partial charge >= 0.3 is 0 Å². The van der Waals surface area contributed by atoms with Crippen LogP contribution >= 0.6 is 0 Å². The average Bonchev–Trinajstić information content (AvgIpc) is 2.68. The molecule has 0 unspecified atom stereocenters. The van der Waals surface area contributed by atoms with Gasteiger partial charge in [-0.25, -0.2) is 4.98 Å². The maximum absolute atomic E-state index is 12.6. The number of nitrogens with zero attached hydrogens (tertiary/aromatic N) is 3. The molecule has 1 aliphatic heterocycles. The van der Waals surface area contributed by atoms with Crippen LogP contribution in [-0.4, -0.2) is 42.0 Å². The zero-order valence-electron chi connectivity index (χ0n) is 17.0. The summed E-state index contributed by atoms with van der Waals surface area (Å²) < 4.78 is 0. The average molecular weight is 364 g/mol. The molecule has 27 heavy (non-hydrogen) atoms. The third-order valence-corrected chi connectivity index (χ3v) is 5.74. The molecule has 2 aromatic rings. The van der Waals surface area contributed by atoms with E-state index in [2.05, 4.69) is 55.8 Å². The Labute approximate surface area is 162 Å². The highest BCUT2D eigenvalue weighted by Gasteiger charge is 2.20. The molecule has 0 spiro atoms. The summed E-state index contributed by atoms with van der Waals surface area (Å²) in [6.07, 6.45) is 5.57. The van der Waals surface area contributed by atoms with Crippen molar-refractivity contribution in [3.05, 3.63) is 63.9 Å². The molecular formula is C23H29N3O. The molecule has 0 aliphatic carbocycles. The van der Waals surface area contributed by atoms with Crippen LogP contribution in [0.15, 0.2) is 30.5 Å². The van der Waals surface area contributed by atoms with E-state index < -0.39 is 0 Å². The molecule has 1 fully saturated rings. The van der Waals surface area contributed by atoms with Crippen LogP contribution in [-0.2, 0) is 4.79 Å². The van der Waals surface area contributed by atoms with Crippen molar-refractivity contribution in [3.63, 3.8) is 0 Å². The predicted octanol–water partition coefficient (Wildman–Crippen LogP) is 3.99. The van der Waals surface area contributed by atoms with Crippen molar-refractivity contribution in [2.75, 3.05) is 31.1 Å². The Bertz CT molecular complexity index is 860. The molecule has 0 atom stereocenters. The number of benzene rings is 1. The number of pyridine rings is 1. The fourth-order valence-corrected chi connectivity index (χ4v) is 3.49. The molecule has 0 N–H and O–H groups in total. The van der Waals surface area contributed by atoms with Gasteiger partial charge in [-0.3, -0.25) is 4.79 Å². The highest BCUT2D eigenvalue weighted by Crippen LogP contribution is 2.22. The Kier molecular flexibility index (Phi) is 5.64. The Balaban J connectivity index is 1.63. The summed E-state index contributed by atoms with van der Waals surface area (Å²) >= 11 is 0. The number of amides is 1. The summed E-state index contributed by atoms with van der Waals surface area (Å²) in [5, 5.41) is 0. The molecule has 142 valence electrons. The standard InChI is InChI=1S/C23H29N3O/c1-16-6-8-22(24-15-16)25-10-12-26(13-11-25)23(27)9-7-21-14-17(2)18(3)19(4)20(21)5/h6-9,14-15H,10-13H2,1-5H3/b9-7+. The van der Waals surface area contributed by atoms with Crippen molar-refractivity contribution >= 4 is 17.8 Å². The molecule has 2 heterocycles. The minimum Gasteiger partial charge on any atom is -0.353 e. The number of aryl methyl sites for hydroxylation is 2. The first kappa shape index (κ1) is 19.2. The van der Waals surface area contributed by atoms with Gasteiger partial charge in [-0.05, 0) is 80.1 Å². The van der Waals surface area contributed by atoms with Gasteiger partial charge in [0.05, 0.1) is 0 Å². The molecular weight excluding hydrogens is 334 g/mol. The molecule has 0 bridgehead atoms. The number of piperazine rings is 1. The van der Waals surface area contributed by atoms with Crippen molar-refractivity contribution in [3.8, 4) is 0 Å². The minimum atomic E-state index is 0.0850. The van der Waals surface area contributed by atoms with Gasteiger partial charge in [-0.1, -0.05) is 12.1 Å². The largest absolute Gasteiger partial charge is 0.353 e. The van der Waals surface area contributed by atoms with E-state index in [9.17, 15) is 4.79 Å². The molecule has 1 amide bonds. The van der Waals surface area contributed by atoms with Crippen molar-refractivity contribution in [1.29, 1.82) is 0 Å². The van der Waals surface area contributed by atoms with E-state index in [1.807, 2.05) is 24.1 Å². The second-order valence-corrected chi connectivity index (χ2v) is 7.50. The van der Waals surface area contributed by atoms with Crippen molar-refractivity contribution in [2.24, 2.45) is 0 Å². The van der Waals surface area contributed by atoms with Crippen LogP contribution in [0.4, 0.5) is 5.82 Å². The van der Waals surface area contributed by atoms with Crippen molar-refractivity contribution in [1.82, 2.24) is 9.88 Å². The molecule has 1 aromatic heterocycles. The number of hydrogen-bond acceptors (Lipinski definition) is 3. The number of anilines is 1. The van der Waals surface area contributed by atoms with E-state index in [1.165, 1.54) is 22.3 Å². The fourth-order valence-electron chi connectivity index (χ4n) is 3.49. The van der Waals surface area contributed by atoms with E-state index >= 15 is 0 Å². The quantitative estimate of drug-likeness (QED) is 0.774. The number of carbonyl (C=O) groups is 1. The van der Waals surface area contributed by atoms with E-state index in [4.69, 9.17) is 0 Å². The van der Waals surface area contributed by atoms with Gasteiger partial charge in [0.1, 0.15) is 5.82 Å². The Hall–Kier alpha value is -2.62. The van der Waals surface area contributed by atoms with Crippen LogP contribution in [0, 0.1) is 34.6 Å². The highest BCUT2D eigenvalue weighted by molar-refractivity contribution is 5.92. The lowest BCUT2D eigenvalue weighted by atomic mass is 9.94. The van der Waals surface area contributed by atoms with Crippen molar-refractivity contribution in [2.45, 2.75) is 34.6 Å². The molecule has 0 radical (unpaired) electrons. The normalized spacial score (nSPS) is 14.9. The first-order valence-electron chi connectivity index (χ1n) is 9.59. The van der Waals surface area contributed by atoms with Crippen LogP contribution < -0.4 is 4.90 Å². The van der Waals surface area contributed by atoms with Gasteiger partial charge in [0, 0.05) is 38.5 Å². The summed E-state index contributed by atoms with van der Waals surface area (Å²) in [6, 6.07) is 6.30. The molecule has 1 aromatic carbocycles. The number of aromatic nitrogens is 1. The van der Waals surface area contributed by atoms with E-state index in [1.54, 1.807) is 6.08 Å². The maximum atomic E-state index is 12.6. The van der Waals surface area contributed by atoms with Gasteiger partial charge in [-0.15, -0.1) is 0 Å². The lowest BCUT2D eigenvalue weighted by Crippen LogP contribution is -2.48. The molecule has 3 rings (SSSR count). The highest BCUT2D eigenvalue weighted by atomic mass is 16.2. The SMILES string of the molecule is Cc1ccc(N2CCN(C(=O)/C=C/c3cc(C)c(C)c(C)c3C)CC2)nc1. The van der Waals surface area contributed by atoms with Crippen LogP contribution in [0.25, 0.3) is 6.08 Å². The first-order valence-corrected chi connectivity index (χ1v) is 9.59. The third-order valence-electron chi connectivity index (χ3n) is 5.74. The van der Waals surface area contributed by atoms with E-state index in [0.29, 0.717) is 0 Å². The second-order valence-electron chi connectivity index (χ2n) is 7.50. The Morgan fingerprint density at radius 1 is 0.963 bits per heavy atom. The smallest absolute Gasteiger partial charge is 0.246 e. The summed E-state index contributed by atoms with van der Waals surface area (Å²) in [5.41, 5.74) is 7.45. The van der Waals surface area contributed by atoms with Crippen LogP contribution in [0.3, 0.4) is 0 Å². The van der Waals surface area contributed by atoms with Crippen LogP contribution in [0.2, 0.25) is 0 Å². The number of carbonyl (C=O) groups excluding carboxylic acids is 1. The topological polar surface area (TPSA) is 36.4 Å². The summed E-state index contributed by atoms with van der Waals surface area (Å²) in [7, 11) is 0. The molecule has 4 nitrogen and oxygen atoms in total. The lowest BCUT2D eigenvalue weighted by Gasteiger charge is -2.35. The van der Waals surface area contributed by atoms with Crippen LogP contribution in [0.5, 0.6) is 0 Å². The van der Waals surface area contributed by atoms with Gasteiger partial charge in [0.2, 0.25) is 5.91 Å². The van der Waals surface area contributed by atoms with Gasteiger partial charge in [-0.2, -0.15) is 0 Å². The van der Waals surface area contributed by atoms with Gasteiger partial charge < -0.3 is 9.80 Å². The zero-order valence-corrected chi connectivity index (χ0v) is 17.0. The van der Waals surface area contributed by atoms with E-state index in [-0.39, 0.29) is 5.91 Å². The van der Waals surface area contributed by atoms with E-state index in [0.717, 1.165) is 43.1 Å². The molecule has 1 aliphatic rings. The summed E-state index contributed by atoms with van der Waals surface area (Å²) in [6.45, 7) is 13.7. The number of rotatable bonds is 3. The molecule has 1 saturated heterocycles. The molecule has 4 heteroatoms. The first-order chi connectivity index (χ1) is 12.9.